The summed E-state index contributed by atoms with van der Waals surface area (Å²) in [6.07, 6.45) is 3.50. The highest BCUT2D eigenvalue weighted by Crippen LogP contribution is 2.43. The van der Waals surface area contributed by atoms with Crippen LogP contribution in [0.5, 0.6) is 0 Å². The van der Waals surface area contributed by atoms with Gasteiger partial charge >= 0.3 is 0 Å². The fourth-order valence-electron chi connectivity index (χ4n) is 5.11. The third kappa shape index (κ3) is 5.19. The van der Waals surface area contributed by atoms with E-state index < -0.39 is 0 Å². The number of carbonyl (C=O) groups excluding carboxylic acids is 1. The minimum atomic E-state index is -0.380. The number of nitrogens with two attached hydrogens (primary N) is 1. The number of benzene rings is 2. The molecule has 2 aliphatic rings. The zero-order valence-electron chi connectivity index (χ0n) is 19.4. The van der Waals surface area contributed by atoms with Crippen LogP contribution in [0.2, 0.25) is 5.02 Å². The number of nitrogens with zero attached hydrogens (tertiary/aromatic N) is 2. The molecule has 4 rings (SSSR count). The normalized spacial score (nSPS) is 21.6. The number of anilines is 1. The average Bonchev–Trinajstić information content (AvgIpc) is 2.76. The number of primary amides is 1. The molecule has 4 nitrogen and oxygen atoms in total. The lowest BCUT2D eigenvalue weighted by Gasteiger charge is -2.43. The molecule has 1 amide bonds. The Labute approximate surface area is 197 Å². The van der Waals surface area contributed by atoms with E-state index in [-0.39, 0.29) is 5.91 Å². The molecule has 2 aromatic rings. The molecule has 5 heteroatoms. The molecule has 1 heterocycles. The van der Waals surface area contributed by atoms with Crippen molar-refractivity contribution in [2.24, 2.45) is 11.1 Å². The quantitative estimate of drug-likeness (QED) is 0.642. The van der Waals surface area contributed by atoms with Crippen LogP contribution in [-0.4, -0.2) is 43.0 Å². The van der Waals surface area contributed by atoms with Crippen LogP contribution < -0.4 is 10.6 Å². The van der Waals surface area contributed by atoms with Crippen molar-refractivity contribution in [2.45, 2.75) is 46.1 Å². The van der Waals surface area contributed by atoms with Crippen LogP contribution in [0.3, 0.4) is 0 Å². The van der Waals surface area contributed by atoms with Gasteiger partial charge in [0.1, 0.15) is 0 Å². The van der Waals surface area contributed by atoms with Crippen LogP contribution in [0, 0.1) is 5.41 Å². The molecule has 0 unspecified atom stereocenters. The van der Waals surface area contributed by atoms with E-state index in [9.17, 15) is 4.79 Å². The van der Waals surface area contributed by atoms with Gasteiger partial charge in [0, 0.05) is 48.5 Å². The van der Waals surface area contributed by atoms with Gasteiger partial charge in [-0.2, -0.15) is 0 Å². The van der Waals surface area contributed by atoms with Crippen molar-refractivity contribution in [3.05, 3.63) is 70.3 Å². The third-order valence-electron chi connectivity index (χ3n) is 7.04. The first-order valence-corrected chi connectivity index (χ1v) is 12.0. The minimum absolute atomic E-state index is 0.346. The molecule has 170 valence electrons. The minimum Gasteiger partial charge on any atom is -0.369 e. The van der Waals surface area contributed by atoms with Crippen LogP contribution in [-0.2, 0) is 0 Å². The van der Waals surface area contributed by atoms with E-state index in [2.05, 4.69) is 42.7 Å². The summed E-state index contributed by atoms with van der Waals surface area (Å²) < 4.78 is 0. The van der Waals surface area contributed by atoms with Crippen LogP contribution >= 0.6 is 11.6 Å². The lowest BCUT2D eigenvalue weighted by Crippen LogP contribution is -2.52. The highest BCUT2D eigenvalue weighted by atomic mass is 35.5. The fraction of sp³-hybridized carbons (Fsp3) is 0.444. The van der Waals surface area contributed by atoms with Crippen LogP contribution in [0.4, 0.5) is 5.69 Å². The van der Waals surface area contributed by atoms with Crippen molar-refractivity contribution < 1.29 is 4.79 Å². The Bertz CT molecular complexity index is 995. The van der Waals surface area contributed by atoms with E-state index in [0.29, 0.717) is 17.0 Å². The standard InChI is InChI=1S/C27H34ClN3O/c1-19-17-31(24-10-6-21(7-11-24)26(29)32)15-14-30(19)18-22-16-27(2,3)13-12-25(22)20-4-8-23(28)9-5-20/h4-11,19H,12-18H2,1-3H3,(H2,29,32)/t19-/m1/s1. The number of rotatable bonds is 5. The van der Waals surface area contributed by atoms with Gasteiger partial charge in [-0.3, -0.25) is 9.69 Å². The molecule has 0 aromatic heterocycles. The molecule has 1 saturated heterocycles. The first kappa shape index (κ1) is 22.9. The summed E-state index contributed by atoms with van der Waals surface area (Å²) in [5.74, 6) is -0.380. The average molecular weight is 452 g/mol. The molecular weight excluding hydrogens is 418 g/mol. The summed E-state index contributed by atoms with van der Waals surface area (Å²) in [5, 5.41) is 0.792. The molecule has 1 aliphatic heterocycles. The number of carbonyl (C=O) groups is 1. The smallest absolute Gasteiger partial charge is 0.248 e. The second kappa shape index (κ2) is 9.29. The van der Waals surface area contributed by atoms with Gasteiger partial charge in [-0.1, -0.05) is 43.2 Å². The van der Waals surface area contributed by atoms with Crippen LogP contribution in [0.25, 0.3) is 5.57 Å². The second-order valence-corrected chi connectivity index (χ2v) is 10.5. The summed E-state index contributed by atoms with van der Waals surface area (Å²) in [4.78, 5) is 16.4. The topological polar surface area (TPSA) is 49.6 Å². The Morgan fingerprint density at radius 2 is 1.78 bits per heavy atom. The lowest BCUT2D eigenvalue weighted by atomic mass is 9.72. The van der Waals surface area contributed by atoms with Gasteiger partial charge in [0.2, 0.25) is 5.91 Å². The van der Waals surface area contributed by atoms with E-state index in [4.69, 9.17) is 17.3 Å². The Morgan fingerprint density at radius 1 is 1.09 bits per heavy atom. The zero-order valence-corrected chi connectivity index (χ0v) is 20.2. The fourth-order valence-corrected chi connectivity index (χ4v) is 5.24. The molecule has 0 radical (unpaired) electrons. The number of amides is 1. The summed E-state index contributed by atoms with van der Waals surface area (Å²) in [7, 11) is 0. The predicted molar refractivity (Wildman–Crippen MR) is 134 cm³/mol. The largest absolute Gasteiger partial charge is 0.369 e. The van der Waals surface area contributed by atoms with Crippen LogP contribution in [0.1, 0.15) is 56.0 Å². The number of hydrogen-bond acceptors (Lipinski definition) is 3. The molecular formula is C27H34ClN3O. The summed E-state index contributed by atoms with van der Waals surface area (Å²) in [6, 6.07) is 16.5. The SMILES string of the molecule is C[C@@H]1CN(c2ccc(C(N)=O)cc2)CCN1CC1=C(c2ccc(Cl)cc2)CCC(C)(C)C1. The van der Waals surface area contributed by atoms with Crippen molar-refractivity contribution in [3.63, 3.8) is 0 Å². The first-order valence-electron chi connectivity index (χ1n) is 11.6. The van der Waals surface area contributed by atoms with Crippen molar-refractivity contribution in [2.75, 3.05) is 31.1 Å². The molecule has 1 fully saturated rings. The Hall–Kier alpha value is -2.30. The van der Waals surface area contributed by atoms with Gasteiger partial charge in [0.15, 0.2) is 0 Å². The van der Waals surface area contributed by atoms with Gasteiger partial charge in [0.25, 0.3) is 0 Å². The maximum atomic E-state index is 11.4. The third-order valence-corrected chi connectivity index (χ3v) is 7.29. The van der Waals surface area contributed by atoms with Gasteiger partial charge in [-0.05, 0) is 79.1 Å². The second-order valence-electron chi connectivity index (χ2n) is 10.1. The van der Waals surface area contributed by atoms with Gasteiger partial charge in [-0.15, -0.1) is 0 Å². The number of allylic oxidation sites excluding steroid dienone is 1. The number of halogens is 1. The monoisotopic (exact) mass is 451 g/mol. The van der Waals surface area contributed by atoms with Crippen molar-refractivity contribution >= 4 is 28.8 Å². The molecule has 0 spiro atoms. The molecule has 0 bridgehead atoms. The highest BCUT2D eigenvalue weighted by molar-refractivity contribution is 6.30. The summed E-state index contributed by atoms with van der Waals surface area (Å²) in [6.45, 7) is 11.1. The van der Waals surface area contributed by atoms with E-state index in [0.717, 1.165) is 49.7 Å². The molecule has 32 heavy (non-hydrogen) atoms. The lowest BCUT2D eigenvalue weighted by molar-refractivity contribution is 0.100. The summed E-state index contributed by atoms with van der Waals surface area (Å²) in [5.41, 5.74) is 11.8. The van der Waals surface area contributed by atoms with Crippen molar-refractivity contribution in [1.29, 1.82) is 0 Å². The first-order chi connectivity index (χ1) is 15.2. The summed E-state index contributed by atoms with van der Waals surface area (Å²) >= 11 is 6.14. The van der Waals surface area contributed by atoms with E-state index in [1.165, 1.54) is 17.6 Å². The van der Waals surface area contributed by atoms with Gasteiger partial charge in [0.05, 0.1) is 0 Å². The Morgan fingerprint density at radius 3 is 2.41 bits per heavy atom. The van der Waals surface area contributed by atoms with Gasteiger partial charge in [-0.25, -0.2) is 0 Å². The van der Waals surface area contributed by atoms with Crippen molar-refractivity contribution in [1.82, 2.24) is 4.90 Å². The molecule has 2 N–H and O–H groups in total. The Balaban J connectivity index is 1.49. The highest BCUT2D eigenvalue weighted by Gasteiger charge is 2.31. The number of hydrogen-bond donors (Lipinski definition) is 1. The van der Waals surface area contributed by atoms with E-state index >= 15 is 0 Å². The number of piperazine rings is 1. The van der Waals surface area contributed by atoms with Gasteiger partial charge < -0.3 is 10.6 Å². The molecule has 2 aromatic carbocycles. The molecule has 0 saturated carbocycles. The zero-order chi connectivity index (χ0) is 22.9. The maximum absolute atomic E-state index is 11.4. The molecule has 1 atom stereocenters. The Kier molecular flexibility index (Phi) is 6.64. The van der Waals surface area contributed by atoms with Crippen molar-refractivity contribution in [3.8, 4) is 0 Å². The van der Waals surface area contributed by atoms with Crippen LogP contribution in [0.15, 0.2) is 54.1 Å². The van der Waals surface area contributed by atoms with E-state index in [1.807, 2.05) is 36.4 Å². The molecule has 1 aliphatic carbocycles. The van der Waals surface area contributed by atoms with E-state index in [1.54, 1.807) is 5.57 Å². The predicted octanol–water partition coefficient (Wildman–Crippen LogP) is 5.61. The maximum Gasteiger partial charge on any atom is 0.248 e.